The van der Waals surface area contributed by atoms with Gasteiger partial charge in [0.2, 0.25) is 0 Å². The predicted molar refractivity (Wildman–Crippen MR) is 111 cm³/mol. The van der Waals surface area contributed by atoms with E-state index in [4.69, 9.17) is 11.1 Å². The molecule has 0 aliphatic carbocycles. The number of fused-ring (bicyclic) bond motifs is 1. The largest absolute Gasteiger partial charge is 0.401 e. The maximum Gasteiger partial charge on any atom is 0.401 e. The Kier molecular flexibility index (Phi) is 5.34. The second-order valence-electron chi connectivity index (χ2n) is 8.01. The topological polar surface area (TPSA) is 98.3 Å². The molecule has 2 aromatic rings. The Balaban J connectivity index is 1.56. The second-order valence-corrected chi connectivity index (χ2v) is 8.01. The molecule has 0 spiro atoms. The lowest BCUT2D eigenvalue weighted by atomic mass is 9.96. The zero-order chi connectivity index (χ0) is 22.3. The number of hydrogen-bond donors (Lipinski definition) is 3. The summed E-state index contributed by atoms with van der Waals surface area (Å²) < 4.78 is 38.1. The van der Waals surface area contributed by atoms with Crippen molar-refractivity contribution in [3.05, 3.63) is 52.8 Å². The Morgan fingerprint density at radius 3 is 2.84 bits per heavy atom. The minimum absolute atomic E-state index is 0.177. The average Bonchev–Trinajstić information content (AvgIpc) is 3.13. The number of carbonyl (C=O) groups excluding carboxylic acids is 1. The van der Waals surface area contributed by atoms with Crippen molar-refractivity contribution in [2.75, 3.05) is 30.7 Å². The number of amides is 2. The number of likely N-dealkylation sites (tertiary alicyclic amines) is 1. The van der Waals surface area contributed by atoms with E-state index in [1.807, 2.05) is 6.92 Å². The van der Waals surface area contributed by atoms with E-state index in [-0.39, 0.29) is 30.9 Å². The number of halogens is 3. The summed E-state index contributed by atoms with van der Waals surface area (Å²) in [5.74, 6) is 0. The van der Waals surface area contributed by atoms with E-state index in [1.165, 1.54) is 4.90 Å². The van der Waals surface area contributed by atoms with Crippen molar-refractivity contribution in [3.8, 4) is 0 Å². The number of nitrogen functional groups attached to an aromatic ring is 1. The van der Waals surface area contributed by atoms with Crippen LogP contribution in [0.25, 0.3) is 0 Å². The Hall–Kier alpha value is -3.14. The third-order valence-electron chi connectivity index (χ3n) is 5.66. The summed E-state index contributed by atoms with van der Waals surface area (Å²) in [5.41, 5.74) is 10.1. The van der Waals surface area contributed by atoms with Gasteiger partial charge in [-0.05, 0) is 43.2 Å². The molecule has 2 amide bonds. The second kappa shape index (κ2) is 7.84. The third-order valence-corrected chi connectivity index (χ3v) is 5.66. The highest BCUT2D eigenvalue weighted by Crippen LogP contribution is 2.32. The molecule has 7 nitrogen and oxygen atoms in total. The van der Waals surface area contributed by atoms with Crippen LogP contribution in [-0.2, 0) is 6.54 Å². The minimum Gasteiger partial charge on any atom is -0.398 e. The number of aryl methyl sites for hydroxylation is 1. The maximum absolute atomic E-state index is 12.7. The van der Waals surface area contributed by atoms with Gasteiger partial charge in [0.15, 0.2) is 0 Å². The molecule has 1 saturated heterocycles. The van der Waals surface area contributed by atoms with Gasteiger partial charge in [-0.3, -0.25) is 15.3 Å². The summed E-state index contributed by atoms with van der Waals surface area (Å²) in [5, 5.41) is 11.4. The van der Waals surface area contributed by atoms with Gasteiger partial charge in [-0.1, -0.05) is 0 Å². The van der Waals surface area contributed by atoms with Gasteiger partial charge in [0.25, 0.3) is 0 Å². The highest BCUT2D eigenvalue weighted by Gasteiger charge is 2.38. The van der Waals surface area contributed by atoms with Gasteiger partial charge >= 0.3 is 12.2 Å². The van der Waals surface area contributed by atoms with Gasteiger partial charge in [0, 0.05) is 60.1 Å². The van der Waals surface area contributed by atoms with E-state index in [2.05, 4.69) is 10.3 Å². The smallest absolute Gasteiger partial charge is 0.398 e. The van der Waals surface area contributed by atoms with Crippen molar-refractivity contribution >= 4 is 23.1 Å². The Morgan fingerprint density at radius 1 is 1.35 bits per heavy atom. The normalized spacial score (nSPS) is 19.3. The molecule has 4 N–H and O–H groups in total. The number of benzene rings is 1. The van der Waals surface area contributed by atoms with Crippen LogP contribution in [0, 0.1) is 12.3 Å². The van der Waals surface area contributed by atoms with Crippen molar-refractivity contribution in [3.63, 3.8) is 0 Å². The molecule has 2 aliphatic rings. The van der Waals surface area contributed by atoms with Crippen molar-refractivity contribution in [1.29, 1.82) is 5.41 Å². The summed E-state index contributed by atoms with van der Waals surface area (Å²) in [6.45, 7) is 1.58. The van der Waals surface area contributed by atoms with Crippen LogP contribution in [0.5, 0.6) is 0 Å². The van der Waals surface area contributed by atoms with E-state index >= 15 is 0 Å². The summed E-state index contributed by atoms with van der Waals surface area (Å²) in [4.78, 5) is 19.6. The first-order valence-electron chi connectivity index (χ1n) is 9.92. The van der Waals surface area contributed by atoms with Crippen molar-refractivity contribution in [1.82, 2.24) is 14.8 Å². The molecule has 1 aromatic carbocycles. The molecule has 1 atom stereocenters. The molecule has 10 heteroatoms. The number of anilines is 2. The summed E-state index contributed by atoms with van der Waals surface area (Å²) in [6, 6.07) is 6.28. The van der Waals surface area contributed by atoms with Crippen molar-refractivity contribution in [2.24, 2.45) is 0 Å². The van der Waals surface area contributed by atoms with E-state index in [9.17, 15) is 18.0 Å². The highest BCUT2D eigenvalue weighted by molar-refractivity contribution is 6.14. The quantitative estimate of drug-likeness (QED) is 0.510. The molecule has 3 heterocycles. The van der Waals surface area contributed by atoms with Gasteiger partial charge in [0.1, 0.15) is 0 Å². The lowest BCUT2D eigenvalue weighted by Crippen LogP contribution is -2.47. The number of pyridine rings is 1. The molecule has 31 heavy (non-hydrogen) atoms. The number of hydrogen-bond acceptors (Lipinski definition) is 5. The average molecular weight is 432 g/mol. The van der Waals surface area contributed by atoms with Crippen LogP contribution in [0.15, 0.2) is 30.5 Å². The fraction of sp³-hybridized carbons (Fsp3) is 0.381. The molecule has 0 radical (unpaired) electrons. The fourth-order valence-corrected chi connectivity index (χ4v) is 4.18. The Labute approximate surface area is 177 Å². The fourth-order valence-electron chi connectivity index (χ4n) is 4.18. The lowest BCUT2D eigenvalue weighted by Gasteiger charge is -2.34. The SMILES string of the molecule is Cc1cc(C(=N)c2cc3c(cc2N)NC(=O)N(C2CCN(CC(F)(F)F)C2)C3)ccn1. The monoisotopic (exact) mass is 432 g/mol. The van der Waals surface area contributed by atoms with Gasteiger partial charge in [-0.25, -0.2) is 4.79 Å². The van der Waals surface area contributed by atoms with Gasteiger partial charge < -0.3 is 16.0 Å². The number of nitrogens with one attached hydrogen (secondary N) is 2. The number of urea groups is 1. The van der Waals surface area contributed by atoms with Crippen LogP contribution in [0.3, 0.4) is 0 Å². The minimum atomic E-state index is -4.26. The lowest BCUT2D eigenvalue weighted by molar-refractivity contribution is -0.143. The molecule has 0 bridgehead atoms. The zero-order valence-corrected chi connectivity index (χ0v) is 17.0. The summed E-state index contributed by atoms with van der Waals surface area (Å²) >= 11 is 0. The number of aromatic nitrogens is 1. The molecule has 1 fully saturated rings. The molecule has 1 unspecified atom stereocenters. The molecular weight excluding hydrogens is 409 g/mol. The molecule has 164 valence electrons. The van der Waals surface area contributed by atoms with Gasteiger partial charge in [-0.15, -0.1) is 0 Å². The molecule has 4 rings (SSSR count). The zero-order valence-electron chi connectivity index (χ0n) is 17.0. The van der Waals surface area contributed by atoms with Gasteiger partial charge in [-0.2, -0.15) is 13.2 Å². The first kappa shape index (κ1) is 21.1. The molecule has 0 saturated carbocycles. The maximum atomic E-state index is 12.7. The van der Waals surface area contributed by atoms with Crippen LogP contribution in [0.4, 0.5) is 29.3 Å². The van der Waals surface area contributed by atoms with E-state index in [0.29, 0.717) is 35.5 Å². The van der Waals surface area contributed by atoms with E-state index in [1.54, 1.807) is 35.4 Å². The van der Waals surface area contributed by atoms with E-state index < -0.39 is 12.7 Å². The number of alkyl halides is 3. The third kappa shape index (κ3) is 4.48. The Morgan fingerprint density at radius 2 is 2.13 bits per heavy atom. The number of rotatable bonds is 4. The molecule has 1 aromatic heterocycles. The Bertz CT molecular complexity index is 1040. The molecular formula is C21H23F3N6O. The number of nitrogens with zero attached hydrogens (tertiary/aromatic N) is 3. The highest BCUT2D eigenvalue weighted by atomic mass is 19.4. The number of carbonyl (C=O) groups is 1. The van der Waals surface area contributed by atoms with Crippen LogP contribution in [0.2, 0.25) is 0 Å². The van der Waals surface area contributed by atoms with Crippen molar-refractivity contribution < 1.29 is 18.0 Å². The summed E-state index contributed by atoms with van der Waals surface area (Å²) in [6.07, 6.45) is -2.15. The predicted octanol–water partition coefficient (Wildman–Crippen LogP) is 3.37. The first-order valence-corrected chi connectivity index (χ1v) is 9.92. The summed E-state index contributed by atoms with van der Waals surface area (Å²) in [7, 11) is 0. The van der Waals surface area contributed by atoms with E-state index in [0.717, 1.165) is 11.3 Å². The molecule has 2 aliphatic heterocycles. The van der Waals surface area contributed by atoms with Crippen LogP contribution >= 0.6 is 0 Å². The van der Waals surface area contributed by atoms with Crippen LogP contribution in [0.1, 0.15) is 28.8 Å². The standard InChI is InChI=1S/C21H23F3N6O/c1-12-6-13(2-4-27-12)19(26)16-7-14-9-30(20(31)28-18(14)8-17(16)25)15-3-5-29(10-15)11-21(22,23)24/h2,4,6-8,15,26H,3,5,9-11,25H2,1H3,(H,28,31). The van der Waals surface area contributed by atoms with Crippen molar-refractivity contribution in [2.45, 2.75) is 32.1 Å². The van der Waals surface area contributed by atoms with Crippen LogP contribution < -0.4 is 11.1 Å². The van der Waals surface area contributed by atoms with Crippen LogP contribution in [-0.4, -0.2) is 58.4 Å². The first-order chi connectivity index (χ1) is 14.6. The van der Waals surface area contributed by atoms with Gasteiger partial charge in [0.05, 0.1) is 12.3 Å². The number of nitrogens with two attached hydrogens (primary N) is 1.